The van der Waals surface area contributed by atoms with Crippen LogP contribution < -0.4 is 5.73 Å². The van der Waals surface area contributed by atoms with Crippen LogP contribution in [0.25, 0.3) is 0 Å². The van der Waals surface area contributed by atoms with Crippen molar-refractivity contribution < 1.29 is 5.11 Å². The third kappa shape index (κ3) is 4.88. The molecule has 0 aliphatic heterocycles. The van der Waals surface area contributed by atoms with Crippen molar-refractivity contribution in [1.82, 2.24) is 4.90 Å². The zero-order chi connectivity index (χ0) is 12.5. The van der Waals surface area contributed by atoms with E-state index in [9.17, 15) is 0 Å². The van der Waals surface area contributed by atoms with Gasteiger partial charge in [0.15, 0.2) is 0 Å². The van der Waals surface area contributed by atoms with Gasteiger partial charge in [0.2, 0.25) is 0 Å². The summed E-state index contributed by atoms with van der Waals surface area (Å²) in [6.45, 7) is 5.33. The van der Waals surface area contributed by atoms with Gasteiger partial charge in [-0.1, -0.05) is 18.8 Å². The molecule has 0 aromatic carbocycles. The molecule has 0 saturated carbocycles. The van der Waals surface area contributed by atoms with E-state index in [2.05, 4.69) is 29.0 Å². The number of thiophene rings is 1. The minimum absolute atomic E-state index is 0.204. The fourth-order valence-corrected chi connectivity index (χ4v) is 2.52. The van der Waals surface area contributed by atoms with Crippen LogP contribution in [-0.2, 0) is 6.54 Å². The Labute approximate surface area is 107 Å². The standard InChI is InChI=1S/C13H20N2OS/c1-2-7-15(8-9-16)11-13-12(4-3-6-14)5-10-17-13/h5,10,16H,2,6-9,11,14H2,1H3. The molecule has 3 nitrogen and oxygen atoms in total. The largest absolute Gasteiger partial charge is 0.395 e. The predicted molar refractivity (Wildman–Crippen MR) is 72.9 cm³/mol. The maximum Gasteiger partial charge on any atom is 0.0558 e. The molecule has 0 amide bonds. The highest BCUT2D eigenvalue weighted by Gasteiger charge is 2.08. The number of rotatable bonds is 6. The van der Waals surface area contributed by atoms with E-state index < -0.39 is 0 Å². The minimum Gasteiger partial charge on any atom is -0.395 e. The van der Waals surface area contributed by atoms with Crippen LogP contribution in [0.15, 0.2) is 11.4 Å². The molecule has 1 aromatic heterocycles. The van der Waals surface area contributed by atoms with Gasteiger partial charge in [-0.25, -0.2) is 0 Å². The van der Waals surface area contributed by atoms with E-state index in [0.29, 0.717) is 6.54 Å². The molecule has 1 heterocycles. The van der Waals surface area contributed by atoms with Crippen molar-refractivity contribution in [2.45, 2.75) is 19.9 Å². The Morgan fingerprint density at radius 2 is 2.29 bits per heavy atom. The van der Waals surface area contributed by atoms with Crippen molar-refractivity contribution >= 4 is 11.3 Å². The summed E-state index contributed by atoms with van der Waals surface area (Å²) in [4.78, 5) is 3.51. The second-order valence-corrected chi connectivity index (χ2v) is 4.76. The summed E-state index contributed by atoms with van der Waals surface area (Å²) in [7, 11) is 0. The first-order chi connectivity index (χ1) is 8.31. The second-order valence-electron chi connectivity index (χ2n) is 3.76. The quantitative estimate of drug-likeness (QED) is 0.750. The van der Waals surface area contributed by atoms with Crippen molar-refractivity contribution in [3.8, 4) is 11.8 Å². The van der Waals surface area contributed by atoms with Crippen LogP contribution in [0.2, 0.25) is 0 Å². The van der Waals surface area contributed by atoms with Gasteiger partial charge in [-0.3, -0.25) is 4.90 Å². The van der Waals surface area contributed by atoms with Gasteiger partial charge < -0.3 is 10.8 Å². The number of aliphatic hydroxyl groups excluding tert-OH is 1. The van der Waals surface area contributed by atoms with Crippen LogP contribution in [0.4, 0.5) is 0 Å². The summed E-state index contributed by atoms with van der Waals surface area (Å²) < 4.78 is 0. The SMILES string of the molecule is CCCN(CCO)Cc1sccc1C#CCN. The van der Waals surface area contributed by atoms with Gasteiger partial charge in [0, 0.05) is 23.5 Å². The fraction of sp³-hybridized carbons (Fsp3) is 0.538. The van der Waals surface area contributed by atoms with Crippen molar-refractivity contribution in [3.05, 3.63) is 21.9 Å². The first-order valence-electron chi connectivity index (χ1n) is 5.90. The summed E-state index contributed by atoms with van der Waals surface area (Å²) in [5, 5.41) is 11.1. The molecule has 0 radical (unpaired) electrons. The lowest BCUT2D eigenvalue weighted by molar-refractivity contribution is 0.191. The Kier molecular flexibility index (Phi) is 6.90. The van der Waals surface area contributed by atoms with E-state index >= 15 is 0 Å². The van der Waals surface area contributed by atoms with Gasteiger partial charge in [-0.2, -0.15) is 0 Å². The Hall–Kier alpha value is -0.860. The predicted octanol–water partition coefficient (Wildman–Crippen LogP) is 1.26. The maximum atomic E-state index is 9.02. The molecule has 0 fully saturated rings. The summed E-state index contributed by atoms with van der Waals surface area (Å²) in [6.07, 6.45) is 1.09. The van der Waals surface area contributed by atoms with Gasteiger partial charge in [0.25, 0.3) is 0 Å². The van der Waals surface area contributed by atoms with Crippen LogP contribution >= 0.6 is 11.3 Å². The summed E-state index contributed by atoms with van der Waals surface area (Å²) in [5.41, 5.74) is 6.45. The molecule has 0 aliphatic carbocycles. The molecule has 0 unspecified atom stereocenters. The number of aliphatic hydroxyl groups is 1. The molecular formula is C13H20N2OS. The van der Waals surface area contributed by atoms with E-state index in [1.807, 2.05) is 6.07 Å². The summed E-state index contributed by atoms with van der Waals surface area (Å²) in [5.74, 6) is 5.97. The molecule has 3 N–H and O–H groups in total. The van der Waals surface area contributed by atoms with Crippen molar-refractivity contribution in [2.75, 3.05) is 26.2 Å². The Balaban J connectivity index is 2.68. The second kappa shape index (κ2) is 8.26. The van der Waals surface area contributed by atoms with Gasteiger partial charge in [0.1, 0.15) is 0 Å². The highest BCUT2D eigenvalue weighted by molar-refractivity contribution is 7.10. The average molecular weight is 252 g/mol. The monoisotopic (exact) mass is 252 g/mol. The molecule has 1 rings (SSSR count). The number of nitrogens with zero attached hydrogens (tertiary/aromatic N) is 1. The molecule has 1 aromatic rings. The molecule has 0 aliphatic rings. The first-order valence-corrected chi connectivity index (χ1v) is 6.78. The van der Waals surface area contributed by atoms with Crippen LogP contribution in [0.3, 0.4) is 0 Å². The Bertz CT molecular complexity index is 372. The van der Waals surface area contributed by atoms with Crippen molar-refractivity contribution in [1.29, 1.82) is 0 Å². The average Bonchev–Trinajstić information content (AvgIpc) is 2.74. The van der Waals surface area contributed by atoms with Gasteiger partial charge in [0.05, 0.1) is 13.2 Å². The lowest BCUT2D eigenvalue weighted by Gasteiger charge is -2.19. The smallest absolute Gasteiger partial charge is 0.0558 e. The Morgan fingerprint density at radius 1 is 1.47 bits per heavy atom. The third-order valence-corrected chi connectivity index (χ3v) is 3.30. The Morgan fingerprint density at radius 3 is 2.94 bits per heavy atom. The number of nitrogens with two attached hydrogens (primary N) is 1. The molecule has 0 saturated heterocycles. The zero-order valence-corrected chi connectivity index (χ0v) is 11.1. The molecular weight excluding hydrogens is 232 g/mol. The van der Waals surface area contributed by atoms with Gasteiger partial charge >= 0.3 is 0 Å². The van der Waals surface area contributed by atoms with Gasteiger partial charge in [-0.05, 0) is 24.4 Å². The summed E-state index contributed by atoms with van der Waals surface area (Å²) in [6, 6.07) is 2.03. The van der Waals surface area contributed by atoms with E-state index in [0.717, 1.165) is 31.6 Å². The lowest BCUT2D eigenvalue weighted by atomic mass is 10.2. The van der Waals surface area contributed by atoms with Gasteiger partial charge in [-0.15, -0.1) is 11.3 Å². The molecule has 17 heavy (non-hydrogen) atoms. The third-order valence-electron chi connectivity index (χ3n) is 2.39. The van der Waals surface area contributed by atoms with Crippen LogP contribution in [0.1, 0.15) is 23.8 Å². The first kappa shape index (κ1) is 14.2. The van der Waals surface area contributed by atoms with Crippen molar-refractivity contribution in [3.63, 3.8) is 0 Å². The highest BCUT2D eigenvalue weighted by atomic mass is 32.1. The highest BCUT2D eigenvalue weighted by Crippen LogP contribution is 2.18. The van der Waals surface area contributed by atoms with E-state index in [-0.39, 0.29) is 6.61 Å². The number of hydrogen-bond donors (Lipinski definition) is 2. The lowest BCUT2D eigenvalue weighted by Crippen LogP contribution is -2.27. The maximum absolute atomic E-state index is 9.02. The summed E-state index contributed by atoms with van der Waals surface area (Å²) >= 11 is 1.71. The molecule has 0 spiro atoms. The number of hydrogen-bond acceptors (Lipinski definition) is 4. The normalized spacial score (nSPS) is 10.4. The van der Waals surface area contributed by atoms with Crippen LogP contribution in [0.5, 0.6) is 0 Å². The fourth-order valence-electron chi connectivity index (χ4n) is 1.65. The van der Waals surface area contributed by atoms with Crippen LogP contribution in [-0.4, -0.2) is 36.2 Å². The topological polar surface area (TPSA) is 49.5 Å². The van der Waals surface area contributed by atoms with E-state index in [1.54, 1.807) is 11.3 Å². The van der Waals surface area contributed by atoms with Crippen LogP contribution in [0, 0.1) is 11.8 Å². The molecule has 4 heteroatoms. The molecule has 94 valence electrons. The molecule has 0 atom stereocenters. The molecule has 0 bridgehead atoms. The minimum atomic E-state index is 0.204. The van der Waals surface area contributed by atoms with E-state index in [4.69, 9.17) is 10.8 Å². The zero-order valence-electron chi connectivity index (χ0n) is 10.3. The van der Waals surface area contributed by atoms with E-state index in [1.165, 1.54) is 4.88 Å². The van der Waals surface area contributed by atoms with Crippen molar-refractivity contribution in [2.24, 2.45) is 5.73 Å².